The van der Waals surface area contributed by atoms with E-state index < -0.39 is 0 Å². The van der Waals surface area contributed by atoms with Crippen molar-refractivity contribution < 1.29 is 9.47 Å². The zero-order chi connectivity index (χ0) is 22.7. The van der Waals surface area contributed by atoms with Crippen molar-refractivity contribution in [1.29, 1.82) is 0 Å². The van der Waals surface area contributed by atoms with Crippen LogP contribution in [0.1, 0.15) is 37.3 Å². The molecule has 1 saturated heterocycles. The van der Waals surface area contributed by atoms with Crippen LogP contribution in [-0.2, 0) is 29.2 Å². The number of hydrogen-bond acceptors (Lipinski definition) is 3. The van der Waals surface area contributed by atoms with Crippen molar-refractivity contribution in [3.8, 4) is 0 Å². The Morgan fingerprint density at radius 1 is 1.06 bits per heavy atom. The van der Waals surface area contributed by atoms with E-state index in [1.807, 2.05) is 0 Å². The molecule has 0 spiro atoms. The van der Waals surface area contributed by atoms with Gasteiger partial charge in [0.1, 0.15) is 0 Å². The summed E-state index contributed by atoms with van der Waals surface area (Å²) >= 11 is 0. The lowest BCUT2D eigenvalue weighted by Crippen LogP contribution is -2.38. The van der Waals surface area contributed by atoms with Crippen LogP contribution in [0.15, 0.2) is 65.8 Å². The molecule has 2 heterocycles. The quantitative estimate of drug-likeness (QED) is 0.273. The number of aromatic nitrogens is 1. The summed E-state index contributed by atoms with van der Waals surface area (Å²) in [5, 5.41) is 8.12. The summed E-state index contributed by atoms with van der Waals surface area (Å²) in [5.74, 6) is 0.860. The monoisotopic (exact) mass is 448 g/mol. The van der Waals surface area contributed by atoms with Crippen LogP contribution < -0.4 is 10.6 Å². The van der Waals surface area contributed by atoms with Gasteiger partial charge in [-0.25, -0.2) is 4.99 Å². The van der Waals surface area contributed by atoms with E-state index in [2.05, 4.69) is 82.9 Å². The van der Waals surface area contributed by atoms with Crippen LogP contribution in [0.5, 0.6) is 0 Å². The number of aryl methyl sites for hydroxylation is 1. The zero-order valence-electron chi connectivity index (χ0n) is 19.6. The number of ether oxygens (including phenoxy) is 2. The molecule has 0 atom stereocenters. The minimum atomic E-state index is 0.314. The highest BCUT2D eigenvalue weighted by molar-refractivity contribution is 5.80. The SMILES string of the molecule is CCNC(=NCc1cccc(COC2CCOCC2)c1)NCCCn1ccc2ccccc21. The van der Waals surface area contributed by atoms with E-state index >= 15 is 0 Å². The maximum absolute atomic E-state index is 6.07. The van der Waals surface area contributed by atoms with E-state index in [1.54, 1.807) is 0 Å². The van der Waals surface area contributed by atoms with Gasteiger partial charge in [0.25, 0.3) is 0 Å². The molecule has 6 heteroatoms. The highest BCUT2D eigenvalue weighted by Gasteiger charge is 2.14. The fourth-order valence-corrected chi connectivity index (χ4v) is 4.18. The predicted octanol–water partition coefficient (Wildman–Crippen LogP) is 4.48. The smallest absolute Gasteiger partial charge is 0.191 e. The van der Waals surface area contributed by atoms with Crippen LogP contribution in [0.4, 0.5) is 0 Å². The molecule has 1 aliphatic rings. The molecule has 0 unspecified atom stereocenters. The van der Waals surface area contributed by atoms with Gasteiger partial charge in [-0.3, -0.25) is 0 Å². The molecule has 1 fully saturated rings. The Morgan fingerprint density at radius 3 is 2.79 bits per heavy atom. The van der Waals surface area contributed by atoms with Gasteiger partial charge in [0.15, 0.2) is 5.96 Å². The minimum absolute atomic E-state index is 0.314. The van der Waals surface area contributed by atoms with Gasteiger partial charge in [0.2, 0.25) is 0 Å². The highest BCUT2D eigenvalue weighted by Crippen LogP contribution is 2.16. The number of fused-ring (bicyclic) bond motifs is 1. The first-order chi connectivity index (χ1) is 16.3. The number of para-hydroxylation sites is 1. The van der Waals surface area contributed by atoms with Gasteiger partial charge in [0, 0.05) is 44.6 Å². The van der Waals surface area contributed by atoms with Crippen molar-refractivity contribution in [3.05, 3.63) is 71.9 Å². The fraction of sp³-hybridized carbons (Fsp3) is 0.444. The first-order valence-electron chi connectivity index (χ1n) is 12.1. The molecule has 1 aromatic heterocycles. The second-order valence-electron chi connectivity index (χ2n) is 8.49. The van der Waals surface area contributed by atoms with Crippen molar-refractivity contribution in [2.45, 2.75) is 52.0 Å². The third kappa shape index (κ3) is 7.07. The first kappa shape index (κ1) is 23.3. The summed E-state index contributed by atoms with van der Waals surface area (Å²) in [7, 11) is 0. The minimum Gasteiger partial charge on any atom is -0.381 e. The lowest BCUT2D eigenvalue weighted by Gasteiger charge is -2.22. The molecule has 0 aliphatic carbocycles. The summed E-state index contributed by atoms with van der Waals surface area (Å²) in [6.07, 6.45) is 5.49. The van der Waals surface area contributed by atoms with Gasteiger partial charge in [-0.2, -0.15) is 0 Å². The topological polar surface area (TPSA) is 59.8 Å². The molecular formula is C27H36N4O2. The van der Waals surface area contributed by atoms with E-state index in [4.69, 9.17) is 14.5 Å². The van der Waals surface area contributed by atoms with E-state index in [9.17, 15) is 0 Å². The Balaban J connectivity index is 1.25. The van der Waals surface area contributed by atoms with Gasteiger partial charge in [-0.15, -0.1) is 0 Å². The summed E-state index contributed by atoms with van der Waals surface area (Å²) < 4.78 is 13.8. The van der Waals surface area contributed by atoms with Crippen LogP contribution in [0.2, 0.25) is 0 Å². The predicted molar refractivity (Wildman–Crippen MR) is 134 cm³/mol. The highest BCUT2D eigenvalue weighted by atomic mass is 16.5. The number of aliphatic imine (C=N–C) groups is 1. The molecule has 2 aromatic carbocycles. The molecular weight excluding hydrogens is 412 g/mol. The Morgan fingerprint density at radius 2 is 1.91 bits per heavy atom. The van der Waals surface area contributed by atoms with Crippen molar-refractivity contribution in [3.63, 3.8) is 0 Å². The molecule has 3 aromatic rings. The van der Waals surface area contributed by atoms with Gasteiger partial charge >= 0.3 is 0 Å². The van der Waals surface area contributed by atoms with E-state index in [0.717, 1.165) is 58.1 Å². The lowest BCUT2D eigenvalue weighted by molar-refractivity contribution is -0.0390. The maximum atomic E-state index is 6.07. The molecule has 1 aliphatic heterocycles. The number of nitrogens with one attached hydrogen (secondary N) is 2. The largest absolute Gasteiger partial charge is 0.381 e. The number of guanidine groups is 1. The molecule has 0 amide bonds. The third-order valence-corrected chi connectivity index (χ3v) is 5.96. The number of benzene rings is 2. The average molecular weight is 449 g/mol. The van der Waals surface area contributed by atoms with Crippen molar-refractivity contribution in [1.82, 2.24) is 15.2 Å². The van der Waals surface area contributed by atoms with Crippen molar-refractivity contribution in [2.75, 3.05) is 26.3 Å². The maximum Gasteiger partial charge on any atom is 0.191 e. The Kier molecular flexibility index (Phi) is 8.78. The van der Waals surface area contributed by atoms with Gasteiger partial charge in [-0.1, -0.05) is 42.5 Å². The van der Waals surface area contributed by atoms with Crippen LogP contribution in [0.25, 0.3) is 10.9 Å². The summed E-state index contributed by atoms with van der Waals surface area (Å²) in [5.41, 5.74) is 3.68. The molecule has 6 nitrogen and oxygen atoms in total. The number of hydrogen-bond donors (Lipinski definition) is 2. The molecule has 0 saturated carbocycles. The summed E-state index contributed by atoms with van der Waals surface area (Å²) in [6, 6.07) is 19.2. The van der Waals surface area contributed by atoms with Crippen molar-refractivity contribution >= 4 is 16.9 Å². The van der Waals surface area contributed by atoms with Crippen LogP contribution in [0, 0.1) is 0 Å². The number of rotatable bonds is 10. The molecule has 33 heavy (non-hydrogen) atoms. The molecule has 2 N–H and O–H groups in total. The second kappa shape index (κ2) is 12.4. The summed E-state index contributed by atoms with van der Waals surface area (Å²) in [6.45, 7) is 7.69. The normalized spacial score (nSPS) is 15.1. The molecule has 4 rings (SSSR count). The fourth-order valence-electron chi connectivity index (χ4n) is 4.18. The Hall–Kier alpha value is -2.83. The molecule has 176 valence electrons. The zero-order valence-corrected chi connectivity index (χ0v) is 19.6. The van der Waals surface area contributed by atoms with E-state index in [-0.39, 0.29) is 0 Å². The van der Waals surface area contributed by atoms with Crippen LogP contribution in [-0.4, -0.2) is 42.9 Å². The van der Waals surface area contributed by atoms with E-state index in [1.165, 1.54) is 22.0 Å². The van der Waals surface area contributed by atoms with Gasteiger partial charge < -0.3 is 24.7 Å². The number of nitrogens with zero attached hydrogens (tertiary/aromatic N) is 2. The summed E-state index contributed by atoms with van der Waals surface area (Å²) in [4.78, 5) is 4.79. The Bertz CT molecular complexity index is 1020. The lowest BCUT2D eigenvalue weighted by atomic mass is 10.1. The first-order valence-corrected chi connectivity index (χ1v) is 12.1. The van der Waals surface area contributed by atoms with Crippen LogP contribution in [0.3, 0.4) is 0 Å². The molecule has 0 bridgehead atoms. The van der Waals surface area contributed by atoms with Gasteiger partial charge in [0.05, 0.1) is 19.3 Å². The standard InChI is InChI=1S/C27H36N4O2/c1-2-28-27(29-14-6-15-31-16-11-24-9-3-4-10-26(24)31)30-20-22-7-5-8-23(19-22)21-33-25-12-17-32-18-13-25/h3-5,7-11,16,19,25H,2,6,12-15,17-18,20-21H2,1H3,(H2,28,29,30). The second-order valence-corrected chi connectivity index (χ2v) is 8.49. The van der Waals surface area contributed by atoms with Crippen LogP contribution >= 0.6 is 0 Å². The Labute approximate surface area is 197 Å². The average Bonchev–Trinajstić information content (AvgIpc) is 3.28. The van der Waals surface area contributed by atoms with Gasteiger partial charge in [-0.05, 0) is 54.8 Å². The molecule has 0 radical (unpaired) electrons. The third-order valence-electron chi connectivity index (χ3n) is 5.96. The van der Waals surface area contributed by atoms with E-state index in [0.29, 0.717) is 19.3 Å². The van der Waals surface area contributed by atoms with Crippen molar-refractivity contribution in [2.24, 2.45) is 4.99 Å².